The third kappa shape index (κ3) is 2.41. The van der Waals surface area contributed by atoms with Crippen LogP contribution in [0.15, 0.2) is 22.1 Å². The molecule has 0 spiro atoms. The minimum absolute atomic E-state index is 0.0817. The molecule has 0 amide bonds. The van der Waals surface area contributed by atoms with E-state index < -0.39 is 0 Å². The average molecular weight is 289 g/mol. The van der Waals surface area contributed by atoms with Gasteiger partial charge in [0.25, 0.3) is 0 Å². The summed E-state index contributed by atoms with van der Waals surface area (Å²) in [4.78, 5) is 3.80. The van der Waals surface area contributed by atoms with Gasteiger partial charge in [0.05, 0.1) is 4.47 Å². The second-order valence-electron chi connectivity index (χ2n) is 2.93. The quantitative estimate of drug-likeness (QED) is 0.661. The summed E-state index contributed by atoms with van der Waals surface area (Å²) >= 11 is 8.95. The second kappa shape index (κ2) is 5.33. The van der Waals surface area contributed by atoms with Crippen LogP contribution in [-0.4, -0.2) is 17.7 Å². The molecule has 0 bridgehead atoms. The van der Waals surface area contributed by atoms with Crippen molar-refractivity contribution in [3.05, 3.63) is 28.2 Å². The number of benzene rings is 1. The lowest BCUT2D eigenvalue weighted by Gasteiger charge is -2.11. The first kappa shape index (κ1) is 12.3. The van der Waals surface area contributed by atoms with Gasteiger partial charge in [-0.2, -0.15) is 0 Å². The predicted molar refractivity (Wildman–Crippen MR) is 69.5 cm³/mol. The SMILES string of the molecule is C=Cc1c(CCCl)cc(Br)c(O)c1N=C. The van der Waals surface area contributed by atoms with Gasteiger partial charge in [0, 0.05) is 11.4 Å². The summed E-state index contributed by atoms with van der Waals surface area (Å²) in [5, 5.41) is 9.74. The van der Waals surface area contributed by atoms with Crippen molar-refractivity contribution in [3.8, 4) is 5.75 Å². The Bertz CT molecular complexity index is 404. The van der Waals surface area contributed by atoms with Crippen LogP contribution in [0.25, 0.3) is 6.08 Å². The predicted octanol–water partition coefficient (Wildman–Crippen LogP) is 3.91. The molecular formula is C11H11BrClNO. The third-order valence-corrected chi connectivity index (χ3v) is 2.87. The van der Waals surface area contributed by atoms with Crippen molar-refractivity contribution in [1.82, 2.24) is 0 Å². The lowest BCUT2D eigenvalue weighted by molar-refractivity contribution is 0.473. The van der Waals surface area contributed by atoms with Crippen LogP contribution in [0.5, 0.6) is 5.75 Å². The molecule has 2 nitrogen and oxygen atoms in total. The highest BCUT2D eigenvalue weighted by molar-refractivity contribution is 9.10. The Hall–Kier alpha value is -0.800. The Kier molecular flexibility index (Phi) is 4.36. The maximum atomic E-state index is 9.74. The number of halogens is 2. The van der Waals surface area contributed by atoms with Crippen molar-refractivity contribution in [3.63, 3.8) is 0 Å². The van der Waals surface area contributed by atoms with Crippen molar-refractivity contribution < 1.29 is 5.11 Å². The normalized spacial score (nSPS) is 10.0. The average Bonchev–Trinajstić information content (AvgIpc) is 2.23. The van der Waals surface area contributed by atoms with E-state index in [0.717, 1.165) is 11.1 Å². The Labute approximate surface area is 102 Å². The van der Waals surface area contributed by atoms with E-state index in [1.165, 1.54) is 0 Å². The van der Waals surface area contributed by atoms with Crippen LogP contribution in [-0.2, 0) is 6.42 Å². The van der Waals surface area contributed by atoms with Crippen molar-refractivity contribution in [2.75, 3.05) is 5.88 Å². The highest BCUT2D eigenvalue weighted by Crippen LogP contribution is 2.40. The molecule has 0 saturated carbocycles. The summed E-state index contributed by atoms with van der Waals surface area (Å²) in [6.45, 7) is 7.13. The summed E-state index contributed by atoms with van der Waals surface area (Å²) in [5.74, 6) is 0.590. The van der Waals surface area contributed by atoms with E-state index in [1.807, 2.05) is 6.07 Å². The van der Waals surface area contributed by atoms with E-state index in [-0.39, 0.29) is 5.75 Å². The topological polar surface area (TPSA) is 32.6 Å². The molecule has 0 saturated heterocycles. The fourth-order valence-electron chi connectivity index (χ4n) is 1.39. The monoisotopic (exact) mass is 287 g/mol. The van der Waals surface area contributed by atoms with Crippen molar-refractivity contribution >= 4 is 46.0 Å². The number of phenols is 1. The van der Waals surface area contributed by atoms with Gasteiger partial charge >= 0.3 is 0 Å². The van der Waals surface area contributed by atoms with Crippen LogP contribution in [0, 0.1) is 0 Å². The molecular weight excluding hydrogens is 277 g/mol. The van der Waals surface area contributed by atoms with Crippen LogP contribution >= 0.6 is 27.5 Å². The molecule has 80 valence electrons. The Balaban J connectivity index is 3.46. The smallest absolute Gasteiger partial charge is 0.156 e. The van der Waals surface area contributed by atoms with Crippen molar-refractivity contribution in [1.29, 1.82) is 0 Å². The maximum Gasteiger partial charge on any atom is 0.156 e. The zero-order valence-corrected chi connectivity index (χ0v) is 10.5. The van der Waals surface area contributed by atoms with Gasteiger partial charge in [0.1, 0.15) is 5.69 Å². The van der Waals surface area contributed by atoms with E-state index in [4.69, 9.17) is 11.6 Å². The molecule has 0 atom stereocenters. The molecule has 0 heterocycles. The van der Waals surface area contributed by atoms with E-state index in [9.17, 15) is 5.11 Å². The summed E-state index contributed by atoms with van der Waals surface area (Å²) < 4.78 is 0.593. The van der Waals surface area contributed by atoms with Crippen LogP contribution in [0.4, 0.5) is 5.69 Å². The number of hydrogen-bond donors (Lipinski definition) is 1. The molecule has 1 aromatic carbocycles. The number of aromatic hydroxyl groups is 1. The first-order valence-corrected chi connectivity index (χ1v) is 5.68. The lowest BCUT2D eigenvalue weighted by Crippen LogP contribution is -1.92. The Morgan fingerprint density at radius 1 is 1.60 bits per heavy atom. The third-order valence-electron chi connectivity index (χ3n) is 2.08. The van der Waals surface area contributed by atoms with Crippen molar-refractivity contribution in [2.45, 2.75) is 6.42 Å². The standard InChI is InChI=1S/C11H11BrClNO/c1-3-8-7(4-5-13)6-9(12)11(15)10(8)14-2/h3,6,15H,1-2,4-5H2. The van der Waals surface area contributed by atoms with E-state index in [1.54, 1.807) is 6.08 Å². The fourth-order valence-corrected chi connectivity index (χ4v) is 2.06. The molecule has 0 radical (unpaired) electrons. The molecule has 4 heteroatoms. The van der Waals surface area contributed by atoms with Crippen LogP contribution in [0.3, 0.4) is 0 Å². The van der Waals surface area contributed by atoms with Gasteiger partial charge in [-0.05, 0) is 40.7 Å². The zero-order chi connectivity index (χ0) is 11.4. The summed E-state index contributed by atoms with van der Waals surface area (Å²) in [6, 6.07) is 1.82. The number of alkyl halides is 1. The molecule has 1 N–H and O–H groups in total. The first-order chi connectivity index (χ1) is 7.15. The molecule has 0 fully saturated rings. The van der Waals surface area contributed by atoms with Gasteiger partial charge < -0.3 is 5.11 Å². The molecule has 0 unspecified atom stereocenters. The number of aryl methyl sites for hydroxylation is 1. The van der Waals surface area contributed by atoms with Crippen LogP contribution in [0.2, 0.25) is 0 Å². The van der Waals surface area contributed by atoms with Crippen LogP contribution < -0.4 is 0 Å². The maximum absolute atomic E-state index is 9.74. The van der Waals surface area contributed by atoms with Gasteiger partial charge in [-0.15, -0.1) is 11.6 Å². The summed E-state index contributed by atoms with van der Waals surface area (Å²) in [5.41, 5.74) is 2.22. The summed E-state index contributed by atoms with van der Waals surface area (Å²) in [6.07, 6.45) is 2.35. The van der Waals surface area contributed by atoms with Gasteiger partial charge in [-0.25, -0.2) is 0 Å². The van der Waals surface area contributed by atoms with Gasteiger partial charge in [0.15, 0.2) is 5.75 Å². The minimum atomic E-state index is 0.0817. The molecule has 1 aromatic rings. The zero-order valence-electron chi connectivity index (χ0n) is 8.13. The van der Waals surface area contributed by atoms with Gasteiger partial charge in [0.2, 0.25) is 0 Å². The van der Waals surface area contributed by atoms with Gasteiger partial charge in [-0.1, -0.05) is 12.7 Å². The van der Waals surface area contributed by atoms with Gasteiger partial charge in [-0.3, -0.25) is 4.99 Å². The molecule has 0 aliphatic carbocycles. The van der Waals surface area contributed by atoms with Crippen molar-refractivity contribution in [2.24, 2.45) is 4.99 Å². The Morgan fingerprint density at radius 3 is 2.73 bits per heavy atom. The molecule has 0 aromatic heterocycles. The lowest BCUT2D eigenvalue weighted by atomic mass is 10.0. The summed E-state index contributed by atoms with van der Waals surface area (Å²) in [7, 11) is 0. The van der Waals surface area contributed by atoms with E-state index in [2.05, 4.69) is 34.2 Å². The highest BCUT2D eigenvalue weighted by atomic mass is 79.9. The first-order valence-electron chi connectivity index (χ1n) is 4.35. The Morgan fingerprint density at radius 2 is 2.27 bits per heavy atom. The minimum Gasteiger partial charge on any atom is -0.505 e. The van der Waals surface area contributed by atoms with Crippen LogP contribution in [0.1, 0.15) is 11.1 Å². The number of hydrogen-bond acceptors (Lipinski definition) is 2. The molecule has 0 aliphatic rings. The number of aliphatic imine (C=N–C) groups is 1. The molecule has 0 aliphatic heterocycles. The number of rotatable bonds is 4. The second-order valence-corrected chi connectivity index (χ2v) is 4.16. The molecule has 15 heavy (non-hydrogen) atoms. The number of nitrogens with zero attached hydrogens (tertiary/aromatic N) is 1. The molecule has 1 rings (SSSR count). The number of phenolic OH excluding ortho intramolecular Hbond substituents is 1. The van der Waals surface area contributed by atoms with E-state index >= 15 is 0 Å². The fraction of sp³-hybridized carbons (Fsp3) is 0.182. The van der Waals surface area contributed by atoms with E-state index in [0.29, 0.717) is 22.5 Å². The highest BCUT2D eigenvalue weighted by Gasteiger charge is 2.13. The largest absolute Gasteiger partial charge is 0.505 e.